The predicted octanol–water partition coefficient (Wildman–Crippen LogP) is 3.17. The topological polar surface area (TPSA) is 59.1 Å². The molecular weight excluding hydrogens is 236 g/mol. The lowest BCUT2D eigenvalue weighted by Gasteiger charge is -2.49. The summed E-state index contributed by atoms with van der Waals surface area (Å²) < 4.78 is 0. The fourth-order valence-electron chi connectivity index (χ4n) is 4.34. The van der Waals surface area contributed by atoms with Crippen LogP contribution in [0.3, 0.4) is 0 Å². The molecule has 19 heavy (non-hydrogen) atoms. The summed E-state index contributed by atoms with van der Waals surface area (Å²) in [7, 11) is 0. The normalized spacial score (nSPS) is 24.1. The minimum absolute atomic E-state index is 0.160. The van der Waals surface area contributed by atoms with Crippen molar-refractivity contribution in [3.63, 3.8) is 0 Å². The van der Waals surface area contributed by atoms with Crippen molar-refractivity contribution in [2.75, 3.05) is 5.73 Å². The highest BCUT2D eigenvalue weighted by Crippen LogP contribution is 2.51. The number of nitrogens with zero attached hydrogens (tertiary/aromatic N) is 1. The van der Waals surface area contributed by atoms with Crippen LogP contribution in [0.15, 0.2) is 18.3 Å². The van der Waals surface area contributed by atoms with Gasteiger partial charge in [0.25, 0.3) is 0 Å². The molecule has 0 radical (unpaired) electrons. The second-order valence-electron chi connectivity index (χ2n) is 7.81. The van der Waals surface area contributed by atoms with Crippen molar-refractivity contribution in [3.05, 3.63) is 23.9 Å². The molecular formula is C16H26N2O. The van der Waals surface area contributed by atoms with E-state index in [1.54, 1.807) is 6.20 Å². The third-order valence-electron chi connectivity index (χ3n) is 4.02. The van der Waals surface area contributed by atoms with Gasteiger partial charge >= 0.3 is 0 Å². The molecule has 1 fully saturated rings. The average molecular weight is 262 g/mol. The lowest BCUT2D eigenvalue weighted by Crippen LogP contribution is -2.47. The summed E-state index contributed by atoms with van der Waals surface area (Å²) >= 11 is 0. The number of hydrogen-bond acceptors (Lipinski definition) is 3. The van der Waals surface area contributed by atoms with Gasteiger partial charge in [-0.15, -0.1) is 0 Å². The van der Waals surface area contributed by atoms with Crippen LogP contribution in [0, 0.1) is 10.8 Å². The maximum absolute atomic E-state index is 11.0. The summed E-state index contributed by atoms with van der Waals surface area (Å²) in [6, 6.07) is 3.85. The van der Waals surface area contributed by atoms with Gasteiger partial charge in [0.1, 0.15) is 5.82 Å². The van der Waals surface area contributed by atoms with Gasteiger partial charge in [0.2, 0.25) is 0 Å². The number of pyridine rings is 1. The fourth-order valence-corrected chi connectivity index (χ4v) is 4.34. The quantitative estimate of drug-likeness (QED) is 0.860. The van der Waals surface area contributed by atoms with Crippen molar-refractivity contribution < 1.29 is 5.11 Å². The molecule has 1 aromatic rings. The Morgan fingerprint density at radius 1 is 1.16 bits per heavy atom. The molecule has 1 heterocycles. The van der Waals surface area contributed by atoms with Crippen molar-refractivity contribution in [2.24, 2.45) is 10.8 Å². The van der Waals surface area contributed by atoms with E-state index in [9.17, 15) is 5.11 Å². The summed E-state index contributed by atoms with van der Waals surface area (Å²) in [5.74, 6) is 0.539. The van der Waals surface area contributed by atoms with E-state index in [1.807, 2.05) is 12.1 Å². The van der Waals surface area contributed by atoms with Gasteiger partial charge in [0, 0.05) is 12.6 Å². The van der Waals surface area contributed by atoms with Crippen LogP contribution in [0.4, 0.5) is 5.82 Å². The first-order valence-electron chi connectivity index (χ1n) is 7.03. The summed E-state index contributed by atoms with van der Waals surface area (Å²) in [6.07, 6.45) is 5.07. The molecule has 0 atom stereocenters. The Hall–Kier alpha value is -1.09. The Balaban J connectivity index is 2.25. The van der Waals surface area contributed by atoms with Gasteiger partial charge in [-0.25, -0.2) is 4.98 Å². The molecule has 3 N–H and O–H groups in total. The number of nitrogens with two attached hydrogens (primary N) is 1. The third kappa shape index (κ3) is 3.47. The monoisotopic (exact) mass is 262 g/mol. The van der Waals surface area contributed by atoms with Gasteiger partial charge in [-0.05, 0) is 41.7 Å². The number of nitrogen functional groups attached to an aromatic ring is 1. The van der Waals surface area contributed by atoms with E-state index < -0.39 is 5.60 Å². The van der Waals surface area contributed by atoms with Crippen LogP contribution >= 0.6 is 0 Å². The number of aromatic nitrogens is 1. The molecule has 1 aliphatic rings. The van der Waals surface area contributed by atoms with Gasteiger partial charge in [0.05, 0.1) is 5.60 Å². The van der Waals surface area contributed by atoms with Gasteiger partial charge in [-0.1, -0.05) is 33.8 Å². The Bertz CT molecular complexity index is 450. The average Bonchev–Trinajstić information content (AvgIpc) is 2.15. The van der Waals surface area contributed by atoms with Gasteiger partial charge in [0.15, 0.2) is 0 Å². The van der Waals surface area contributed by atoms with E-state index in [-0.39, 0.29) is 10.8 Å². The van der Waals surface area contributed by atoms with Crippen molar-refractivity contribution in [1.82, 2.24) is 4.98 Å². The molecule has 3 heteroatoms. The minimum Gasteiger partial charge on any atom is -0.390 e. The van der Waals surface area contributed by atoms with Crippen LogP contribution in [0.1, 0.15) is 52.5 Å². The molecule has 3 nitrogen and oxygen atoms in total. The lowest BCUT2D eigenvalue weighted by atomic mass is 9.58. The largest absolute Gasteiger partial charge is 0.390 e. The second-order valence-corrected chi connectivity index (χ2v) is 7.81. The SMILES string of the molecule is CC1(C)CC(C)(C)CC(O)(Cc2cccnc2N)C1. The second kappa shape index (κ2) is 4.48. The van der Waals surface area contributed by atoms with E-state index >= 15 is 0 Å². The summed E-state index contributed by atoms with van der Waals surface area (Å²) in [5, 5.41) is 11.0. The molecule has 106 valence electrons. The molecule has 1 aliphatic carbocycles. The highest BCUT2D eigenvalue weighted by atomic mass is 16.3. The molecule has 1 saturated carbocycles. The van der Waals surface area contributed by atoms with Crippen LogP contribution < -0.4 is 5.73 Å². The number of hydrogen-bond donors (Lipinski definition) is 2. The molecule has 0 bridgehead atoms. The van der Waals surface area contributed by atoms with Crippen LogP contribution in [0.5, 0.6) is 0 Å². The Morgan fingerprint density at radius 2 is 1.74 bits per heavy atom. The smallest absolute Gasteiger partial charge is 0.126 e. The van der Waals surface area contributed by atoms with Crippen molar-refractivity contribution in [3.8, 4) is 0 Å². The molecule has 0 spiro atoms. The van der Waals surface area contributed by atoms with Crippen LogP contribution in [0.2, 0.25) is 0 Å². The van der Waals surface area contributed by atoms with Gasteiger partial charge in [-0.2, -0.15) is 0 Å². The van der Waals surface area contributed by atoms with Gasteiger partial charge < -0.3 is 10.8 Å². The highest BCUT2D eigenvalue weighted by molar-refractivity contribution is 5.39. The van der Waals surface area contributed by atoms with E-state index in [4.69, 9.17) is 5.73 Å². The standard InChI is InChI=1S/C16H26N2O/c1-14(2)9-15(3,4)11-16(19,10-14)8-12-6-5-7-18-13(12)17/h5-7,19H,8-11H2,1-4H3,(H2,17,18). The summed E-state index contributed by atoms with van der Waals surface area (Å²) in [6.45, 7) is 8.97. The molecule has 1 aromatic heterocycles. The van der Waals surface area contributed by atoms with Crippen LogP contribution in [0.25, 0.3) is 0 Å². The third-order valence-corrected chi connectivity index (χ3v) is 4.02. The zero-order valence-corrected chi connectivity index (χ0v) is 12.5. The Morgan fingerprint density at radius 3 is 2.26 bits per heavy atom. The zero-order chi connectivity index (χ0) is 14.3. The maximum atomic E-state index is 11.0. The Kier molecular flexibility index (Phi) is 3.38. The van der Waals surface area contributed by atoms with E-state index in [2.05, 4.69) is 32.7 Å². The fraction of sp³-hybridized carbons (Fsp3) is 0.688. The van der Waals surface area contributed by atoms with Crippen LogP contribution in [-0.2, 0) is 6.42 Å². The predicted molar refractivity (Wildman–Crippen MR) is 78.7 cm³/mol. The minimum atomic E-state index is -0.678. The van der Waals surface area contributed by atoms with Crippen molar-refractivity contribution in [1.29, 1.82) is 0 Å². The number of rotatable bonds is 2. The summed E-state index contributed by atoms with van der Waals surface area (Å²) in [5.41, 5.74) is 6.51. The number of anilines is 1. The molecule has 0 unspecified atom stereocenters. The molecule has 0 aliphatic heterocycles. The molecule has 0 aromatic carbocycles. The first-order valence-corrected chi connectivity index (χ1v) is 7.03. The van der Waals surface area contributed by atoms with E-state index in [1.165, 1.54) is 0 Å². The lowest BCUT2D eigenvalue weighted by molar-refractivity contribution is -0.0850. The van der Waals surface area contributed by atoms with E-state index in [0.29, 0.717) is 12.2 Å². The first-order chi connectivity index (χ1) is 8.61. The highest BCUT2D eigenvalue weighted by Gasteiger charge is 2.46. The van der Waals surface area contributed by atoms with Crippen LogP contribution in [-0.4, -0.2) is 15.7 Å². The molecule has 0 amide bonds. The van der Waals surface area contributed by atoms with Crippen molar-refractivity contribution >= 4 is 5.82 Å². The maximum Gasteiger partial charge on any atom is 0.126 e. The van der Waals surface area contributed by atoms with Crippen molar-refractivity contribution in [2.45, 2.75) is 59.0 Å². The first kappa shape index (κ1) is 14.3. The van der Waals surface area contributed by atoms with E-state index in [0.717, 1.165) is 24.8 Å². The summed E-state index contributed by atoms with van der Waals surface area (Å²) in [4.78, 5) is 4.12. The zero-order valence-electron chi connectivity index (χ0n) is 12.5. The number of aliphatic hydroxyl groups is 1. The molecule has 0 saturated heterocycles. The Labute approximate surface area is 116 Å². The molecule has 2 rings (SSSR count). The van der Waals surface area contributed by atoms with Gasteiger partial charge in [-0.3, -0.25) is 0 Å².